The third-order valence-corrected chi connectivity index (χ3v) is 4.67. The van der Waals surface area contributed by atoms with Crippen LogP contribution < -0.4 is 0 Å². The molecule has 0 fully saturated rings. The molecule has 0 bridgehead atoms. The topological polar surface area (TPSA) is 26.1 Å². The minimum atomic E-state index is 0.369. The molecule has 0 N–H and O–H groups in total. The first-order valence-corrected chi connectivity index (χ1v) is 9.90. The fourth-order valence-electron chi connectivity index (χ4n) is 3.02. The second-order valence-electron chi connectivity index (χ2n) is 7.51. The predicted octanol–water partition coefficient (Wildman–Crippen LogP) is 6.67. The first kappa shape index (κ1) is 20.7. The van der Waals surface area contributed by atoms with Crippen molar-refractivity contribution in [2.24, 2.45) is 5.92 Å². The molecule has 1 atom stereocenters. The molecule has 2 heteroatoms. The Balaban J connectivity index is 2.26. The Kier molecular flexibility index (Phi) is 10.5. The molecule has 2 nitrogen and oxygen atoms in total. The molecule has 0 amide bonds. The highest BCUT2D eigenvalue weighted by Gasteiger charge is 2.06. The predicted molar refractivity (Wildman–Crippen MR) is 106 cm³/mol. The Bertz CT molecular complexity index is 461. The molecule has 0 aliphatic rings. The van der Waals surface area contributed by atoms with Crippen LogP contribution in [0.25, 0.3) is 0 Å². The van der Waals surface area contributed by atoms with Crippen molar-refractivity contribution in [3.05, 3.63) is 40.6 Å². The quantitative estimate of drug-likeness (QED) is 0.138. The highest BCUT2D eigenvalue weighted by atomic mass is 16.5. The van der Waals surface area contributed by atoms with Gasteiger partial charge in [0.05, 0.1) is 0 Å². The van der Waals surface area contributed by atoms with Gasteiger partial charge in [0.15, 0.2) is 12.8 Å². The number of unbranched alkanes of at least 4 members (excludes halogenated alkanes) is 6. The fraction of sp³-hybridized carbons (Fsp3) is 0.682. The Labute approximate surface area is 149 Å². The summed E-state index contributed by atoms with van der Waals surface area (Å²) in [5, 5.41) is 12.1. The van der Waals surface area contributed by atoms with Gasteiger partial charge in [-0.25, -0.2) is 4.74 Å². The molecule has 1 aromatic rings. The van der Waals surface area contributed by atoms with Gasteiger partial charge in [-0.15, -0.1) is 0 Å². The average Bonchev–Trinajstić information content (AvgIpc) is 2.54. The highest BCUT2D eigenvalue weighted by Crippen LogP contribution is 2.15. The van der Waals surface area contributed by atoms with Gasteiger partial charge in [0.25, 0.3) is 0 Å². The van der Waals surface area contributed by atoms with E-state index in [0.717, 1.165) is 16.7 Å². The number of hydrogen-bond donors (Lipinski definition) is 0. The second-order valence-corrected chi connectivity index (χ2v) is 7.51. The molecule has 1 rings (SSSR count). The standard InChI is InChI=1S/C22H37NO/c1-5-6-7-8-9-10-11-12-20(4)17-23(24)18-21-13-15-22(16-14-21)19(2)3/h13-17,19-20H,5-12,18H2,1-4H3. The van der Waals surface area contributed by atoms with Gasteiger partial charge >= 0.3 is 0 Å². The number of rotatable bonds is 12. The number of nitrogens with zero attached hydrogens (tertiary/aromatic N) is 1. The van der Waals surface area contributed by atoms with Crippen LogP contribution in [-0.4, -0.2) is 11.0 Å². The van der Waals surface area contributed by atoms with Gasteiger partial charge in [0, 0.05) is 11.5 Å². The van der Waals surface area contributed by atoms with Crippen molar-refractivity contribution < 1.29 is 4.74 Å². The summed E-state index contributed by atoms with van der Waals surface area (Å²) in [6, 6.07) is 8.43. The van der Waals surface area contributed by atoms with E-state index in [9.17, 15) is 5.21 Å². The summed E-state index contributed by atoms with van der Waals surface area (Å²) in [6.07, 6.45) is 12.3. The summed E-state index contributed by atoms with van der Waals surface area (Å²) in [4.78, 5) is 0. The van der Waals surface area contributed by atoms with E-state index >= 15 is 0 Å². The lowest BCUT2D eigenvalue weighted by Gasteiger charge is -2.10. The van der Waals surface area contributed by atoms with Crippen LogP contribution in [0.1, 0.15) is 96.1 Å². The van der Waals surface area contributed by atoms with Crippen LogP contribution in [0.15, 0.2) is 24.3 Å². The Morgan fingerprint density at radius 1 is 0.917 bits per heavy atom. The monoisotopic (exact) mass is 331 g/mol. The summed E-state index contributed by atoms with van der Waals surface area (Å²) in [7, 11) is 0. The smallest absolute Gasteiger partial charge is 0.178 e. The van der Waals surface area contributed by atoms with E-state index < -0.39 is 0 Å². The zero-order valence-electron chi connectivity index (χ0n) is 16.3. The van der Waals surface area contributed by atoms with Crippen molar-refractivity contribution in [3.8, 4) is 0 Å². The van der Waals surface area contributed by atoms with Crippen LogP contribution in [-0.2, 0) is 6.54 Å². The van der Waals surface area contributed by atoms with Crippen LogP contribution in [0.3, 0.4) is 0 Å². The number of hydroxylamine groups is 1. The normalized spacial score (nSPS) is 13.5. The van der Waals surface area contributed by atoms with Crippen molar-refractivity contribution in [1.82, 2.24) is 0 Å². The number of benzene rings is 1. The largest absolute Gasteiger partial charge is 0.624 e. The molecule has 0 saturated carbocycles. The molecule has 0 aromatic heterocycles. The van der Waals surface area contributed by atoms with Gasteiger partial charge in [-0.1, -0.05) is 96.9 Å². The van der Waals surface area contributed by atoms with Gasteiger partial charge in [-0.2, -0.15) is 0 Å². The van der Waals surface area contributed by atoms with Gasteiger partial charge in [0.1, 0.15) is 0 Å². The van der Waals surface area contributed by atoms with Crippen LogP contribution in [0.4, 0.5) is 0 Å². The van der Waals surface area contributed by atoms with E-state index in [0.29, 0.717) is 18.4 Å². The van der Waals surface area contributed by atoms with Crippen LogP contribution in [0, 0.1) is 11.1 Å². The van der Waals surface area contributed by atoms with E-state index in [2.05, 4.69) is 52.0 Å². The zero-order chi connectivity index (χ0) is 17.8. The van der Waals surface area contributed by atoms with Crippen LogP contribution in [0.5, 0.6) is 0 Å². The molecule has 0 spiro atoms. The lowest BCUT2D eigenvalue weighted by atomic mass is 10.0. The Morgan fingerprint density at radius 3 is 2.08 bits per heavy atom. The van der Waals surface area contributed by atoms with Gasteiger partial charge in [-0.05, 0) is 17.9 Å². The van der Waals surface area contributed by atoms with Crippen molar-refractivity contribution in [1.29, 1.82) is 0 Å². The van der Waals surface area contributed by atoms with E-state index in [1.165, 1.54) is 50.5 Å². The summed E-state index contributed by atoms with van der Waals surface area (Å²) >= 11 is 0. The van der Waals surface area contributed by atoms with Crippen molar-refractivity contribution in [2.45, 2.75) is 91.5 Å². The zero-order valence-corrected chi connectivity index (χ0v) is 16.3. The first-order valence-electron chi connectivity index (χ1n) is 9.90. The Hall–Kier alpha value is -1.31. The summed E-state index contributed by atoms with van der Waals surface area (Å²) < 4.78 is 1.11. The first-order chi connectivity index (χ1) is 11.5. The molecular formula is C22H37NO. The van der Waals surface area contributed by atoms with Crippen molar-refractivity contribution >= 4 is 6.21 Å². The molecule has 0 radical (unpaired) electrons. The highest BCUT2D eigenvalue weighted by molar-refractivity contribution is 5.54. The SMILES string of the molecule is CCCCCCCCCC(C)C=[N+]([O-])Cc1ccc(C(C)C)cc1. The second kappa shape index (κ2) is 12.1. The van der Waals surface area contributed by atoms with Gasteiger partial charge in [-0.3, -0.25) is 0 Å². The molecule has 0 aliphatic carbocycles. The van der Waals surface area contributed by atoms with Crippen molar-refractivity contribution in [3.63, 3.8) is 0 Å². The van der Waals surface area contributed by atoms with E-state index in [1.807, 2.05) is 6.21 Å². The maximum absolute atomic E-state index is 12.1. The van der Waals surface area contributed by atoms with Crippen LogP contribution >= 0.6 is 0 Å². The minimum absolute atomic E-state index is 0.369. The van der Waals surface area contributed by atoms with Crippen LogP contribution in [0.2, 0.25) is 0 Å². The molecular weight excluding hydrogens is 294 g/mol. The molecule has 0 aliphatic heterocycles. The van der Waals surface area contributed by atoms with Crippen molar-refractivity contribution in [2.75, 3.05) is 0 Å². The molecule has 1 aromatic carbocycles. The molecule has 0 saturated heterocycles. The average molecular weight is 332 g/mol. The lowest BCUT2D eigenvalue weighted by molar-refractivity contribution is -0.472. The summed E-state index contributed by atoms with van der Waals surface area (Å²) in [6.45, 7) is 9.25. The molecule has 0 heterocycles. The summed E-state index contributed by atoms with van der Waals surface area (Å²) in [5.41, 5.74) is 2.42. The maximum Gasteiger partial charge on any atom is 0.178 e. The minimum Gasteiger partial charge on any atom is -0.624 e. The third-order valence-electron chi connectivity index (χ3n) is 4.67. The lowest BCUT2D eigenvalue weighted by Crippen LogP contribution is -2.10. The molecule has 1 unspecified atom stereocenters. The summed E-state index contributed by atoms with van der Waals surface area (Å²) in [5.74, 6) is 0.907. The number of hydrogen-bond acceptors (Lipinski definition) is 1. The Morgan fingerprint density at radius 2 is 1.50 bits per heavy atom. The van der Waals surface area contributed by atoms with Gasteiger partial charge in [0.2, 0.25) is 0 Å². The molecule has 136 valence electrons. The maximum atomic E-state index is 12.1. The fourth-order valence-corrected chi connectivity index (χ4v) is 3.02. The molecule has 24 heavy (non-hydrogen) atoms. The third kappa shape index (κ3) is 9.10. The van der Waals surface area contributed by atoms with E-state index in [1.54, 1.807) is 0 Å². The van der Waals surface area contributed by atoms with Gasteiger partial charge < -0.3 is 5.21 Å². The van der Waals surface area contributed by atoms with E-state index in [-0.39, 0.29) is 0 Å². The van der Waals surface area contributed by atoms with E-state index in [4.69, 9.17) is 0 Å².